The summed E-state index contributed by atoms with van der Waals surface area (Å²) < 4.78 is 5.16. The lowest BCUT2D eigenvalue weighted by molar-refractivity contribution is 0.102. The molecule has 0 radical (unpaired) electrons. The number of carbonyl (C=O) groups excluding carboxylic acids is 1. The fourth-order valence-corrected chi connectivity index (χ4v) is 3.82. The van der Waals surface area contributed by atoms with Gasteiger partial charge in [0.1, 0.15) is 5.82 Å². The minimum absolute atomic E-state index is 0.192. The van der Waals surface area contributed by atoms with Crippen LogP contribution in [0.5, 0.6) is 0 Å². The Balaban J connectivity index is 1.30. The number of aromatic nitrogens is 1. The Bertz CT molecular complexity index is 952. The van der Waals surface area contributed by atoms with Gasteiger partial charge in [-0.25, -0.2) is 4.98 Å². The number of carbonyl (C=O) groups is 1. The number of anilines is 2. The molecule has 0 atom stereocenters. The number of hydrogen-bond acceptors (Lipinski definition) is 5. The van der Waals surface area contributed by atoms with E-state index in [-0.39, 0.29) is 5.91 Å². The third kappa shape index (κ3) is 5.40. The summed E-state index contributed by atoms with van der Waals surface area (Å²) in [4.78, 5) is 19.3. The van der Waals surface area contributed by atoms with Crippen LogP contribution in [0.25, 0.3) is 0 Å². The number of pyridine rings is 1. The molecule has 1 aliphatic heterocycles. The second-order valence-corrected chi connectivity index (χ2v) is 8.03. The number of hydrogen-bond donors (Lipinski definition) is 2. The average molecular weight is 425 g/mol. The monoisotopic (exact) mass is 424 g/mol. The molecule has 1 aliphatic rings. The lowest BCUT2D eigenvalue weighted by atomic mass is 9.96. The normalized spacial score (nSPS) is 15.1. The predicted molar refractivity (Wildman–Crippen MR) is 119 cm³/mol. The SMILES string of the molecule is O=C(Nc1ccc(Cl)cn1)c1ccccc1NCC1CCN(Cc2ccoc2)CC1. The molecular formula is C23H25ClN4O2. The molecule has 0 unspecified atom stereocenters. The molecule has 1 amide bonds. The number of likely N-dealkylation sites (tertiary alicyclic amines) is 1. The highest BCUT2D eigenvalue weighted by Crippen LogP contribution is 2.22. The van der Waals surface area contributed by atoms with E-state index in [1.54, 1.807) is 18.4 Å². The van der Waals surface area contributed by atoms with Crippen LogP contribution in [0.2, 0.25) is 5.02 Å². The zero-order chi connectivity index (χ0) is 20.8. The van der Waals surface area contributed by atoms with Crippen molar-refractivity contribution in [2.75, 3.05) is 30.3 Å². The Morgan fingerprint density at radius 1 is 1.17 bits per heavy atom. The number of nitrogens with zero attached hydrogens (tertiary/aromatic N) is 2. The van der Waals surface area contributed by atoms with E-state index in [0.29, 0.717) is 22.3 Å². The molecule has 1 aromatic carbocycles. The molecule has 7 heteroatoms. The maximum Gasteiger partial charge on any atom is 0.258 e. The van der Waals surface area contributed by atoms with E-state index in [9.17, 15) is 4.79 Å². The van der Waals surface area contributed by atoms with Crippen molar-refractivity contribution in [2.24, 2.45) is 5.92 Å². The zero-order valence-corrected chi connectivity index (χ0v) is 17.4. The van der Waals surface area contributed by atoms with E-state index in [2.05, 4.69) is 20.5 Å². The zero-order valence-electron chi connectivity index (χ0n) is 16.7. The van der Waals surface area contributed by atoms with Crippen molar-refractivity contribution in [1.82, 2.24) is 9.88 Å². The van der Waals surface area contributed by atoms with Crippen LogP contribution in [0.4, 0.5) is 11.5 Å². The number of halogens is 1. The van der Waals surface area contributed by atoms with Crippen molar-refractivity contribution in [3.05, 3.63) is 77.3 Å². The molecule has 6 nitrogen and oxygen atoms in total. The smallest absolute Gasteiger partial charge is 0.258 e. The highest BCUT2D eigenvalue weighted by atomic mass is 35.5. The fourth-order valence-electron chi connectivity index (χ4n) is 3.71. The first-order valence-corrected chi connectivity index (χ1v) is 10.5. The van der Waals surface area contributed by atoms with Crippen LogP contribution in [0.1, 0.15) is 28.8 Å². The maximum atomic E-state index is 12.7. The van der Waals surface area contributed by atoms with Crippen LogP contribution in [0.3, 0.4) is 0 Å². The highest BCUT2D eigenvalue weighted by molar-refractivity contribution is 6.30. The van der Waals surface area contributed by atoms with Crippen molar-refractivity contribution in [1.29, 1.82) is 0 Å². The van der Waals surface area contributed by atoms with Crippen molar-refractivity contribution in [3.63, 3.8) is 0 Å². The van der Waals surface area contributed by atoms with Gasteiger partial charge in [-0.3, -0.25) is 9.69 Å². The summed E-state index contributed by atoms with van der Waals surface area (Å²) in [7, 11) is 0. The van der Waals surface area contributed by atoms with Crippen molar-refractivity contribution < 1.29 is 9.21 Å². The molecule has 2 N–H and O–H groups in total. The summed E-state index contributed by atoms with van der Waals surface area (Å²) in [5.74, 6) is 0.867. The molecule has 4 rings (SSSR count). The summed E-state index contributed by atoms with van der Waals surface area (Å²) in [6.45, 7) is 3.94. The lowest BCUT2D eigenvalue weighted by Gasteiger charge is -2.32. The minimum Gasteiger partial charge on any atom is -0.472 e. The van der Waals surface area contributed by atoms with Gasteiger partial charge in [0, 0.05) is 30.5 Å². The lowest BCUT2D eigenvalue weighted by Crippen LogP contribution is -2.35. The van der Waals surface area contributed by atoms with Crippen LogP contribution in [0.15, 0.2) is 65.6 Å². The Morgan fingerprint density at radius 2 is 2.00 bits per heavy atom. The predicted octanol–water partition coefficient (Wildman–Crippen LogP) is 4.90. The topological polar surface area (TPSA) is 70.4 Å². The number of piperidine rings is 1. The van der Waals surface area contributed by atoms with Gasteiger partial charge in [0.2, 0.25) is 0 Å². The summed E-state index contributed by atoms with van der Waals surface area (Å²) in [6, 6.07) is 13.0. The molecule has 156 valence electrons. The van der Waals surface area contributed by atoms with Gasteiger partial charge in [0.05, 0.1) is 23.1 Å². The summed E-state index contributed by atoms with van der Waals surface area (Å²) >= 11 is 5.86. The molecule has 30 heavy (non-hydrogen) atoms. The number of nitrogens with one attached hydrogen (secondary N) is 2. The number of furan rings is 1. The van der Waals surface area contributed by atoms with Gasteiger partial charge < -0.3 is 15.1 Å². The van der Waals surface area contributed by atoms with Gasteiger partial charge in [-0.05, 0) is 62.2 Å². The van der Waals surface area contributed by atoms with Crippen LogP contribution < -0.4 is 10.6 Å². The maximum absolute atomic E-state index is 12.7. The number of para-hydroxylation sites is 1. The molecule has 0 bridgehead atoms. The number of rotatable bonds is 7. The third-order valence-corrected chi connectivity index (χ3v) is 5.64. The van der Waals surface area contributed by atoms with Gasteiger partial charge in [-0.1, -0.05) is 23.7 Å². The van der Waals surface area contributed by atoms with Gasteiger partial charge in [0.25, 0.3) is 5.91 Å². The van der Waals surface area contributed by atoms with E-state index in [0.717, 1.165) is 44.7 Å². The molecule has 3 heterocycles. The van der Waals surface area contributed by atoms with Crippen LogP contribution in [-0.4, -0.2) is 35.4 Å². The second-order valence-electron chi connectivity index (χ2n) is 7.59. The van der Waals surface area contributed by atoms with E-state index in [1.807, 2.05) is 36.6 Å². The summed E-state index contributed by atoms with van der Waals surface area (Å²) in [5.41, 5.74) is 2.66. The Labute approximate surface area is 181 Å². The van der Waals surface area contributed by atoms with E-state index in [1.165, 1.54) is 11.8 Å². The summed E-state index contributed by atoms with van der Waals surface area (Å²) in [6.07, 6.45) is 7.32. The standard InChI is InChI=1S/C23H25ClN4O2/c24-19-5-6-22(26-14-19)27-23(29)20-3-1-2-4-21(20)25-13-17-7-10-28(11-8-17)15-18-9-12-30-16-18/h1-6,9,12,14,16-17,25H,7-8,10-11,13,15H2,(H,26,27,29). The quantitative estimate of drug-likeness (QED) is 0.564. The largest absolute Gasteiger partial charge is 0.472 e. The van der Waals surface area contributed by atoms with Crippen LogP contribution in [0, 0.1) is 5.92 Å². The van der Waals surface area contributed by atoms with Gasteiger partial charge >= 0.3 is 0 Å². The Kier molecular flexibility index (Phi) is 6.67. The minimum atomic E-state index is -0.192. The second kappa shape index (κ2) is 9.78. The molecule has 0 saturated carbocycles. The highest BCUT2D eigenvalue weighted by Gasteiger charge is 2.20. The van der Waals surface area contributed by atoms with Gasteiger partial charge in [-0.15, -0.1) is 0 Å². The first-order valence-electron chi connectivity index (χ1n) is 10.2. The molecule has 1 fully saturated rings. The molecule has 0 spiro atoms. The van der Waals surface area contributed by atoms with Gasteiger partial charge in [-0.2, -0.15) is 0 Å². The van der Waals surface area contributed by atoms with Crippen molar-refractivity contribution in [2.45, 2.75) is 19.4 Å². The van der Waals surface area contributed by atoms with Gasteiger partial charge in [0.15, 0.2) is 0 Å². The molecule has 0 aliphatic carbocycles. The first-order chi connectivity index (χ1) is 14.7. The average Bonchev–Trinajstić information content (AvgIpc) is 3.28. The third-order valence-electron chi connectivity index (χ3n) is 5.42. The van der Waals surface area contributed by atoms with E-state index >= 15 is 0 Å². The summed E-state index contributed by atoms with van der Waals surface area (Å²) in [5, 5.41) is 6.84. The Morgan fingerprint density at radius 3 is 2.73 bits per heavy atom. The van der Waals surface area contributed by atoms with Crippen molar-refractivity contribution >= 4 is 29.0 Å². The number of benzene rings is 1. The Hall–Kier alpha value is -2.83. The van der Waals surface area contributed by atoms with Crippen LogP contribution >= 0.6 is 11.6 Å². The van der Waals surface area contributed by atoms with E-state index < -0.39 is 0 Å². The molecular weight excluding hydrogens is 400 g/mol. The number of amides is 1. The molecule has 2 aromatic heterocycles. The van der Waals surface area contributed by atoms with E-state index in [4.69, 9.17) is 16.0 Å². The van der Waals surface area contributed by atoms with Crippen molar-refractivity contribution in [3.8, 4) is 0 Å². The fraction of sp³-hybridized carbons (Fsp3) is 0.304. The molecule has 1 saturated heterocycles. The molecule has 3 aromatic rings. The first kappa shape index (κ1) is 20.4. The van der Waals surface area contributed by atoms with Crippen LogP contribution in [-0.2, 0) is 6.54 Å².